The number of hydrogen-bond acceptors (Lipinski definition) is 5. The smallest absolute Gasteiger partial charge is 0.274 e. The fourth-order valence-electron chi connectivity index (χ4n) is 3.09. The molecule has 0 spiro atoms. The SMILES string of the molecule is CC[C@@H](C)N(CCC(=O)N1CCC(C(N)=O)CC1)C(=O)c1cnccn1. The summed E-state index contributed by atoms with van der Waals surface area (Å²) in [6.45, 7) is 5.36. The number of carbonyl (C=O) groups excluding carboxylic acids is 3. The van der Waals surface area contributed by atoms with Crippen molar-refractivity contribution >= 4 is 17.7 Å². The Morgan fingerprint density at radius 2 is 2.00 bits per heavy atom. The van der Waals surface area contributed by atoms with Gasteiger partial charge in [0.15, 0.2) is 0 Å². The lowest BCUT2D eigenvalue weighted by Crippen LogP contribution is -2.44. The standard InChI is InChI=1S/C18H27N5O3/c1-3-13(2)23(18(26)15-12-20-7-8-21-15)11-6-16(24)22-9-4-14(5-10-22)17(19)25/h7-8,12-14H,3-6,9-11H2,1-2H3,(H2,19,25)/t13-/m1/s1. The molecule has 2 N–H and O–H groups in total. The monoisotopic (exact) mass is 361 g/mol. The zero-order valence-electron chi connectivity index (χ0n) is 15.4. The maximum atomic E-state index is 12.7. The summed E-state index contributed by atoms with van der Waals surface area (Å²) in [5, 5.41) is 0. The van der Waals surface area contributed by atoms with Gasteiger partial charge >= 0.3 is 0 Å². The summed E-state index contributed by atoms with van der Waals surface area (Å²) in [6, 6.07) is -0.00194. The number of primary amides is 1. The lowest BCUT2D eigenvalue weighted by atomic mass is 9.96. The Kier molecular flexibility index (Phi) is 7.06. The number of aromatic nitrogens is 2. The summed E-state index contributed by atoms with van der Waals surface area (Å²) >= 11 is 0. The van der Waals surface area contributed by atoms with Crippen LogP contribution in [-0.4, -0.2) is 63.2 Å². The maximum Gasteiger partial charge on any atom is 0.274 e. The highest BCUT2D eigenvalue weighted by Gasteiger charge is 2.27. The Morgan fingerprint density at radius 1 is 1.31 bits per heavy atom. The summed E-state index contributed by atoms with van der Waals surface area (Å²) in [4.78, 5) is 47.9. The molecule has 1 aromatic rings. The largest absolute Gasteiger partial charge is 0.369 e. The van der Waals surface area contributed by atoms with Crippen molar-refractivity contribution in [2.24, 2.45) is 11.7 Å². The lowest BCUT2D eigenvalue weighted by molar-refractivity contribution is -0.135. The highest BCUT2D eigenvalue weighted by Crippen LogP contribution is 2.18. The Balaban J connectivity index is 1.94. The van der Waals surface area contributed by atoms with E-state index in [4.69, 9.17) is 5.73 Å². The summed E-state index contributed by atoms with van der Waals surface area (Å²) in [5.41, 5.74) is 5.61. The third-order valence-electron chi connectivity index (χ3n) is 4.98. The first-order chi connectivity index (χ1) is 12.4. The van der Waals surface area contributed by atoms with Gasteiger partial charge in [-0.1, -0.05) is 6.92 Å². The van der Waals surface area contributed by atoms with Crippen molar-refractivity contribution in [1.29, 1.82) is 0 Å². The molecule has 0 bridgehead atoms. The quantitative estimate of drug-likeness (QED) is 0.773. The summed E-state index contributed by atoms with van der Waals surface area (Å²) in [7, 11) is 0. The van der Waals surface area contributed by atoms with Crippen LogP contribution in [0.25, 0.3) is 0 Å². The first kappa shape index (κ1) is 19.8. The number of likely N-dealkylation sites (tertiary alicyclic amines) is 1. The van der Waals surface area contributed by atoms with Gasteiger partial charge in [0.05, 0.1) is 6.20 Å². The second-order valence-corrected chi connectivity index (χ2v) is 6.65. The molecule has 0 unspecified atom stereocenters. The number of carbonyl (C=O) groups is 3. The van der Waals surface area contributed by atoms with Crippen LogP contribution in [-0.2, 0) is 9.59 Å². The van der Waals surface area contributed by atoms with Crippen LogP contribution in [0, 0.1) is 5.92 Å². The predicted octanol–water partition coefficient (Wildman–Crippen LogP) is 0.831. The van der Waals surface area contributed by atoms with E-state index in [0.717, 1.165) is 6.42 Å². The van der Waals surface area contributed by atoms with Crippen LogP contribution in [0.3, 0.4) is 0 Å². The van der Waals surface area contributed by atoms with Gasteiger partial charge in [0.25, 0.3) is 5.91 Å². The van der Waals surface area contributed by atoms with E-state index in [-0.39, 0.29) is 41.8 Å². The van der Waals surface area contributed by atoms with Crippen LogP contribution in [0.15, 0.2) is 18.6 Å². The van der Waals surface area contributed by atoms with Gasteiger partial charge in [-0.15, -0.1) is 0 Å². The first-order valence-electron chi connectivity index (χ1n) is 9.08. The van der Waals surface area contributed by atoms with E-state index < -0.39 is 0 Å². The molecule has 0 aliphatic carbocycles. The van der Waals surface area contributed by atoms with Crippen molar-refractivity contribution in [1.82, 2.24) is 19.8 Å². The fraction of sp³-hybridized carbons (Fsp3) is 0.611. The molecule has 8 nitrogen and oxygen atoms in total. The van der Waals surface area contributed by atoms with Crippen LogP contribution in [0.4, 0.5) is 0 Å². The Morgan fingerprint density at radius 3 is 2.54 bits per heavy atom. The highest BCUT2D eigenvalue weighted by molar-refractivity contribution is 5.92. The number of hydrogen-bond donors (Lipinski definition) is 1. The zero-order valence-corrected chi connectivity index (χ0v) is 15.4. The van der Waals surface area contributed by atoms with E-state index in [2.05, 4.69) is 9.97 Å². The molecule has 1 aromatic heterocycles. The summed E-state index contributed by atoms with van der Waals surface area (Å²) < 4.78 is 0. The normalized spacial score (nSPS) is 16.2. The molecule has 1 fully saturated rings. The fourth-order valence-corrected chi connectivity index (χ4v) is 3.09. The lowest BCUT2D eigenvalue weighted by Gasteiger charge is -2.32. The van der Waals surface area contributed by atoms with Crippen LogP contribution in [0.2, 0.25) is 0 Å². The Hall–Kier alpha value is -2.51. The van der Waals surface area contributed by atoms with Gasteiger partial charge in [-0.2, -0.15) is 0 Å². The van der Waals surface area contributed by atoms with E-state index in [1.165, 1.54) is 18.6 Å². The Bertz CT molecular complexity index is 629. The van der Waals surface area contributed by atoms with E-state index >= 15 is 0 Å². The maximum absolute atomic E-state index is 12.7. The minimum Gasteiger partial charge on any atom is -0.369 e. The van der Waals surface area contributed by atoms with Gasteiger partial charge in [-0.3, -0.25) is 19.4 Å². The molecule has 8 heteroatoms. The molecular formula is C18H27N5O3. The average Bonchev–Trinajstić information content (AvgIpc) is 2.68. The molecule has 1 aliphatic heterocycles. The Labute approximate surface area is 153 Å². The molecule has 1 atom stereocenters. The third-order valence-corrected chi connectivity index (χ3v) is 4.98. The zero-order chi connectivity index (χ0) is 19.1. The van der Waals surface area contributed by atoms with Crippen molar-refractivity contribution < 1.29 is 14.4 Å². The molecule has 2 heterocycles. The minimum absolute atomic E-state index is 0.00194. The van der Waals surface area contributed by atoms with Gasteiger partial charge < -0.3 is 15.5 Å². The number of nitrogens with two attached hydrogens (primary N) is 1. The van der Waals surface area contributed by atoms with E-state index in [0.29, 0.717) is 32.5 Å². The second kappa shape index (κ2) is 9.26. The van der Waals surface area contributed by atoms with Crippen LogP contribution in [0.1, 0.15) is 50.0 Å². The molecular weight excluding hydrogens is 334 g/mol. The van der Waals surface area contributed by atoms with E-state index in [1.54, 1.807) is 9.80 Å². The highest BCUT2D eigenvalue weighted by atomic mass is 16.2. The minimum atomic E-state index is -0.297. The molecule has 1 aliphatic rings. The van der Waals surface area contributed by atoms with Crippen LogP contribution < -0.4 is 5.73 Å². The molecule has 142 valence electrons. The van der Waals surface area contributed by atoms with Gasteiger partial charge in [0.1, 0.15) is 5.69 Å². The molecule has 3 amide bonds. The summed E-state index contributed by atoms with van der Waals surface area (Å²) in [5.74, 6) is -0.663. The topological polar surface area (TPSA) is 109 Å². The molecule has 1 saturated heterocycles. The van der Waals surface area contributed by atoms with Crippen molar-refractivity contribution in [3.05, 3.63) is 24.3 Å². The molecule has 0 saturated carbocycles. The van der Waals surface area contributed by atoms with Crippen LogP contribution >= 0.6 is 0 Å². The predicted molar refractivity (Wildman–Crippen MR) is 95.9 cm³/mol. The molecule has 0 radical (unpaired) electrons. The van der Waals surface area contributed by atoms with Crippen LogP contribution in [0.5, 0.6) is 0 Å². The van der Waals surface area contributed by atoms with Crippen molar-refractivity contribution in [2.75, 3.05) is 19.6 Å². The van der Waals surface area contributed by atoms with E-state index in [1.807, 2.05) is 13.8 Å². The molecule has 2 rings (SSSR count). The van der Waals surface area contributed by atoms with Crippen molar-refractivity contribution in [3.63, 3.8) is 0 Å². The van der Waals surface area contributed by atoms with Gasteiger partial charge in [-0.25, -0.2) is 4.98 Å². The number of rotatable bonds is 7. The summed E-state index contributed by atoms with van der Waals surface area (Å²) in [6.07, 6.45) is 6.68. The number of amides is 3. The third kappa shape index (κ3) is 5.00. The van der Waals surface area contributed by atoms with Crippen molar-refractivity contribution in [3.8, 4) is 0 Å². The first-order valence-corrected chi connectivity index (χ1v) is 9.08. The molecule has 0 aromatic carbocycles. The number of nitrogens with zero attached hydrogens (tertiary/aromatic N) is 4. The van der Waals surface area contributed by atoms with E-state index in [9.17, 15) is 14.4 Å². The second-order valence-electron chi connectivity index (χ2n) is 6.65. The average molecular weight is 361 g/mol. The van der Waals surface area contributed by atoms with Gasteiger partial charge in [-0.05, 0) is 26.2 Å². The van der Waals surface area contributed by atoms with Crippen molar-refractivity contribution in [2.45, 2.75) is 45.6 Å². The number of piperidine rings is 1. The van der Waals surface area contributed by atoms with Gasteiger partial charge in [0, 0.05) is 50.4 Å². The van der Waals surface area contributed by atoms with Gasteiger partial charge in [0.2, 0.25) is 11.8 Å². The molecule has 26 heavy (non-hydrogen) atoms.